The van der Waals surface area contributed by atoms with E-state index in [4.69, 9.17) is 9.47 Å². The summed E-state index contributed by atoms with van der Waals surface area (Å²) in [4.78, 5) is 11.4. The van der Waals surface area contributed by atoms with Crippen LogP contribution in [0, 0.1) is 0 Å². The first-order valence-corrected chi connectivity index (χ1v) is 5.68. The van der Waals surface area contributed by atoms with Crippen molar-refractivity contribution in [3.63, 3.8) is 0 Å². The van der Waals surface area contributed by atoms with Crippen molar-refractivity contribution < 1.29 is 14.3 Å². The first kappa shape index (κ1) is 11.9. The molecule has 1 aliphatic heterocycles. The summed E-state index contributed by atoms with van der Waals surface area (Å²) < 4.78 is 10.4. The molecule has 90 valence electrons. The van der Waals surface area contributed by atoms with Crippen molar-refractivity contribution in [1.82, 2.24) is 0 Å². The second kappa shape index (κ2) is 4.72. The number of hydrogen-bond donors (Lipinski definition) is 0. The van der Waals surface area contributed by atoms with Crippen LogP contribution >= 0.6 is 0 Å². The minimum absolute atomic E-state index is 0.181. The predicted molar refractivity (Wildman–Crippen MR) is 64.3 cm³/mol. The minimum Gasteiger partial charge on any atom is -0.458 e. The van der Waals surface area contributed by atoms with Crippen molar-refractivity contribution in [2.45, 2.75) is 32.2 Å². The van der Waals surface area contributed by atoms with Crippen molar-refractivity contribution in [3.8, 4) is 0 Å². The fraction of sp³-hybridized carbons (Fsp3) is 0.357. The maximum Gasteiger partial charge on any atom is 0.330 e. The summed E-state index contributed by atoms with van der Waals surface area (Å²) in [6.45, 7) is 4.22. The number of ether oxygens (including phenoxy) is 2. The topological polar surface area (TPSA) is 38.8 Å². The second-order valence-electron chi connectivity index (χ2n) is 4.37. The lowest BCUT2D eigenvalue weighted by Gasteiger charge is -2.02. The third-order valence-electron chi connectivity index (χ3n) is 2.95. The Morgan fingerprint density at radius 1 is 1.47 bits per heavy atom. The SMILES string of the molecule is C[C@H]1O[C@]1(C)/C=C/C(=O)OCc1ccccc1. The highest BCUT2D eigenvalue weighted by Crippen LogP contribution is 2.36. The molecule has 1 heterocycles. The lowest BCUT2D eigenvalue weighted by molar-refractivity contribution is -0.139. The van der Waals surface area contributed by atoms with Gasteiger partial charge in [0.05, 0.1) is 6.10 Å². The molecule has 0 N–H and O–H groups in total. The molecule has 0 amide bonds. The molecule has 1 aromatic rings. The normalized spacial score (nSPS) is 27.1. The number of epoxide rings is 1. The summed E-state index contributed by atoms with van der Waals surface area (Å²) in [6.07, 6.45) is 3.37. The van der Waals surface area contributed by atoms with E-state index in [2.05, 4.69) is 0 Å². The zero-order valence-electron chi connectivity index (χ0n) is 10.1. The van der Waals surface area contributed by atoms with Gasteiger partial charge in [0.25, 0.3) is 0 Å². The fourth-order valence-corrected chi connectivity index (χ4v) is 1.53. The van der Waals surface area contributed by atoms with E-state index in [0.29, 0.717) is 6.61 Å². The highest BCUT2D eigenvalue weighted by molar-refractivity contribution is 5.82. The van der Waals surface area contributed by atoms with Crippen molar-refractivity contribution in [2.75, 3.05) is 0 Å². The number of esters is 1. The molecule has 3 heteroatoms. The van der Waals surface area contributed by atoms with E-state index in [-0.39, 0.29) is 17.7 Å². The van der Waals surface area contributed by atoms with E-state index >= 15 is 0 Å². The molecule has 0 bridgehead atoms. The Kier molecular flexibility index (Phi) is 3.29. The number of benzene rings is 1. The van der Waals surface area contributed by atoms with Crippen LogP contribution in [0.15, 0.2) is 42.5 Å². The van der Waals surface area contributed by atoms with Gasteiger partial charge in [-0.3, -0.25) is 0 Å². The third-order valence-corrected chi connectivity index (χ3v) is 2.95. The number of carbonyl (C=O) groups excluding carboxylic acids is 1. The maximum absolute atomic E-state index is 11.4. The van der Waals surface area contributed by atoms with Gasteiger partial charge in [0.15, 0.2) is 0 Å². The molecule has 17 heavy (non-hydrogen) atoms. The molecule has 3 nitrogen and oxygen atoms in total. The Morgan fingerprint density at radius 2 is 2.12 bits per heavy atom. The molecule has 0 aliphatic carbocycles. The van der Waals surface area contributed by atoms with Crippen molar-refractivity contribution in [1.29, 1.82) is 0 Å². The molecule has 0 spiro atoms. The quantitative estimate of drug-likeness (QED) is 0.455. The zero-order valence-corrected chi connectivity index (χ0v) is 10.1. The molecule has 1 aliphatic rings. The molecule has 1 saturated heterocycles. The van der Waals surface area contributed by atoms with Gasteiger partial charge in [0.1, 0.15) is 12.2 Å². The van der Waals surface area contributed by atoms with Gasteiger partial charge in [0, 0.05) is 6.08 Å². The van der Waals surface area contributed by atoms with Crippen LogP contribution < -0.4 is 0 Å². The summed E-state index contributed by atoms with van der Waals surface area (Å²) in [5, 5.41) is 0. The van der Waals surface area contributed by atoms with Gasteiger partial charge in [-0.05, 0) is 25.5 Å². The molecule has 2 atom stereocenters. The van der Waals surface area contributed by atoms with Crippen LogP contribution in [0.2, 0.25) is 0 Å². The van der Waals surface area contributed by atoms with Crippen LogP contribution in [0.1, 0.15) is 19.4 Å². The Balaban J connectivity index is 1.79. The van der Waals surface area contributed by atoms with Crippen LogP contribution in [-0.4, -0.2) is 17.7 Å². The number of carbonyl (C=O) groups is 1. The van der Waals surface area contributed by atoms with Gasteiger partial charge in [-0.25, -0.2) is 4.79 Å². The summed E-state index contributed by atoms with van der Waals surface area (Å²) in [5.41, 5.74) is 0.697. The molecule has 0 saturated carbocycles. The molecule has 0 unspecified atom stereocenters. The monoisotopic (exact) mass is 232 g/mol. The first-order chi connectivity index (χ1) is 8.10. The molecule has 0 radical (unpaired) electrons. The maximum atomic E-state index is 11.4. The van der Waals surface area contributed by atoms with Crippen LogP contribution in [0.5, 0.6) is 0 Å². The smallest absolute Gasteiger partial charge is 0.330 e. The van der Waals surface area contributed by atoms with Crippen LogP contribution in [0.25, 0.3) is 0 Å². The van der Waals surface area contributed by atoms with Gasteiger partial charge in [-0.1, -0.05) is 30.3 Å². The summed E-state index contributed by atoms with van der Waals surface area (Å²) in [6, 6.07) is 9.60. The first-order valence-electron chi connectivity index (χ1n) is 5.68. The molecule has 1 aromatic carbocycles. The van der Waals surface area contributed by atoms with Gasteiger partial charge in [-0.15, -0.1) is 0 Å². The molecular weight excluding hydrogens is 216 g/mol. The Labute approximate surface area is 101 Å². The second-order valence-corrected chi connectivity index (χ2v) is 4.37. The number of hydrogen-bond acceptors (Lipinski definition) is 3. The Hall–Kier alpha value is -1.61. The van der Waals surface area contributed by atoms with Gasteiger partial charge >= 0.3 is 5.97 Å². The van der Waals surface area contributed by atoms with Crippen molar-refractivity contribution in [3.05, 3.63) is 48.0 Å². The minimum atomic E-state index is -0.335. The third kappa shape index (κ3) is 3.17. The van der Waals surface area contributed by atoms with Gasteiger partial charge in [0.2, 0.25) is 0 Å². The largest absolute Gasteiger partial charge is 0.458 e. The molecule has 2 rings (SSSR count). The standard InChI is InChI=1S/C14H16O3/c1-11-14(2,17-11)9-8-13(15)16-10-12-6-4-3-5-7-12/h3-9,11H,10H2,1-2H3/b9-8+/t11-,14-/m1/s1. The highest BCUT2D eigenvalue weighted by atomic mass is 16.6. The average molecular weight is 232 g/mol. The van der Waals surface area contributed by atoms with Gasteiger partial charge < -0.3 is 9.47 Å². The van der Waals surface area contributed by atoms with Crippen LogP contribution in [0.3, 0.4) is 0 Å². The molecule has 0 aromatic heterocycles. The summed E-state index contributed by atoms with van der Waals surface area (Å²) in [7, 11) is 0. The van der Waals surface area contributed by atoms with Crippen molar-refractivity contribution >= 4 is 5.97 Å². The van der Waals surface area contributed by atoms with E-state index < -0.39 is 0 Å². The lowest BCUT2D eigenvalue weighted by Crippen LogP contribution is -2.06. The van der Waals surface area contributed by atoms with E-state index in [1.54, 1.807) is 6.08 Å². The van der Waals surface area contributed by atoms with E-state index in [0.717, 1.165) is 5.56 Å². The lowest BCUT2D eigenvalue weighted by atomic mass is 10.1. The number of rotatable bonds is 4. The highest BCUT2D eigenvalue weighted by Gasteiger charge is 2.46. The van der Waals surface area contributed by atoms with Gasteiger partial charge in [-0.2, -0.15) is 0 Å². The van der Waals surface area contributed by atoms with Crippen LogP contribution in [0.4, 0.5) is 0 Å². The predicted octanol–water partition coefficient (Wildman–Crippen LogP) is 2.46. The molecular formula is C14H16O3. The van der Waals surface area contributed by atoms with E-state index in [9.17, 15) is 4.79 Å². The van der Waals surface area contributed by atoms with Crippen LogP contribution in [-0.2, 0) is 20.9 Å². The Morgan fingerprint density at radius 3 is 2.71 bits per heavy atom. The van der Waals surface area contributed by atoms with Crippen molar-refractivity contribution in [2.24, 2.45) is 0 Å². The fourth-order valence-electron chi connectivity index (χ4n) is 1.53. The van der Waals surface area contributed by atoms with E-state index in [1.165, 1.54) is 6.08 Å². The molecule has 1 fully saturated rings. The summed E-state index contributed by atoms with van der Waals surface area (Å²) >= 11 is 0. The van der Waals surface area contributed by atoms with E-state index in [1.807, 2.05) is 44.2 Å². The zero-order chi connectivity index (χ0) is 12.3. The average Bonchev–Trinajstić information content (AvgIpc) is 2.94. The Bertz CT molecular complexity index is 424. The summed E-state index contributed by atoms with van der Waals surface area (Å²) in [5.74, 6) is -0.335.